The molecule has 1 aromatic carbocycles. The Hall–Kier alpha value is -1.00. The maximum Gasteiger partial charge on any atom is 0.244 e. The van der Waals surface area contributed by atoms with E-state index in [1.807, 2.05) is 13.8 Å². The quantitative estimate of drug-likeness (QED) is 0.678. The summed E-state index contributed by atoms with van der Waals surface area (Å²) in [6.07, 6.45) is 0. The number of aromatic nitrogens is 2. The van der Waals surface area contributed by atoms with Gasteiger partial charge < -0.3 is 4.52 Å². The summed E-state index contributed by atoms with van der Waals surface area (Å²) in [6, 6.07) is 4.80. The lowest BCUT2D eigenvalue weighted by Crippen LogP contribution is -2.48. The van der Waals surface area contributed by atoms with E-state index in [4.69, 9.17) is 16.1 Å². The first kappa shape index (κ1) is 19.8. The lowest BCUT2D eigenvalue weighted by atomic mass is 10.2. The molecule has 2 heterocycles. The number of piperazine rings is 1. The fourth-order valence-corrected chi connectivity index (χ4v) is 5.14. The van der Waals surface area contributed by atoms with E-state index in [1.165, 1.54) is 10.4 Å². The van der Waals surface area contributed by atoms with Crippen molar-refractivity contribution in [1.29, 1.82) is 0 Å². The number of nitrogens with zero attached hydrogens (tertiary/aromatic N) is 4. The molecule has 1 aromatic heterocycles. The van der Waals surface area contributed by atoms with Crippen molar-refractivity contribution in [1.82, 2.24) is 19.3 Å². The van der Waals surface area contributed by atoms with E-state index in [2.05, 4.69) is 31.0 Å². The van der Waals surface area contributed by atoms with E-state index < -0.39 is 10.0 Å². The molecule has 0 atom stereocenters. The molecule has 1 fully saturated rings. The molecule has 0 amide bonds. The van der Waals surface area contributed by atoms with Gasteiger partial charge in [0.25, 0.3) is 0 Å². The predicted molar refractivity (Wildman–Crippen MR) is 102 cm³/mol. The number of hydrogen-bond acceptors (Lipinski definition) is 6. The van der Waals surface area contributed by atoms with E-state index in [0.717, 1.165) is 4.47 Å². The van der Waals surface area contributed by atoms with Crippen LogP contribution in [0.15, 0.2) is 32.1 Å². The molecule has 1 saturated heterocycles. The maximum absolute atomic E-state index is 12.8. The van der Waals surface area contributed by atoms with Crippen molar-refractivity contribution in [2.45, 2.75) is 31.2 Å². The molecular formula is C16H20BrClN4O3S. The van der Waals surface area contributed by atoms with Gasteiger partial charge >= 0.3 is 0 Å². The minimum Gasteiger partial charge on any atom is -0.338 e. The summed E-state index contributed by atoms with van der Waals surface area (Å²) in [4.78, 5) is 6.60. The number of sulfonamides is 1. The highest BCUT2D eigenvalue weighted by Gasteiger charge is 2.30. The average Bonchev–Trinajstić information content (AvgIpc) is 3.04. The zero-order chi connectivity index (χ0) is 18.9. The summed E-state index contributed by atoms with van der Waals surface area (Å²) >= 11 is 9.41. The molecule has 142 valence electrons. The van der Waals surface area contributed by atoms with Crippen molar-refractivity contribution in [3.63, 3.8) is 0 Å². The van der Waals surface area contributed by atoms with Gasteiger partial charge in [-0.25, -0.2) is 8.42 Å². The number of rotatable bonds is 5. The van der Waals surface area contributed by atoms with Crippen LogP contribution >= 0.6 is 27.5 Å². The second-order valence-electron chi connectivity index (χ2n) is 6.46. The van der Waals surface area contributed by atoms with E-state index in [9.17, 15) is 8.42 Å². The molecule has 7 nitrogen and oxygen atoms in total. The third kappa shape index (κ3) is 4.28. The minimum atomic E-state index is -3.61. The normalized spacial score (nSPS) is 17.1. The zero-order valence-electron chi connectivity index (χ0n) is 14.5. The topological polar surface area (TPSA) is 79.5 Å². The van der Waals surface area contributed by atoms with Crippen molar-refractivity contribution < 1.29 is 12.9 Å². The molecule has 0 N–H and O–H groups in total. The van der Waals surface area contributed by atoms with Crippen LogP contribution < -0.4 is 0 Å². The Morgan fingerprint density at radius 2 is 1.96 bits per heavy atom. The first-order valence-electron chi connectivity index (χ1n) is 8.27. The molecule has 0 unspecified atom stereocenters. The van der Waals surface area contributed by atoms with E-state index in [-0.39, 0.29) is 15.8 Å². The van der Waals surface area contributed by atoms with Gasteiger partial charge in [-0.15, -0.1) is 0 Å². The standard InChI is InChI=1S/C16H20BrClN4O3S/c1-11(2)16-19-15(25-20-16)10-21-5-7-22(8-6-21)26(23,24)14-4-3-12(17)9-13(14)18/h3-4,9,11H,5-8,10H2,1-2H3. The molecule has 0 saturated carbocycles. The van der Waals surface area contributed by atoms with Gasteiger partial charge in [0.15, 0.2) is 5.82 Å². The average molecular weight is 464 g/mol. The summed E-state index contributed by atoms with van der Waals surface area (Å²) in [5.74, 6) is 1.46. The lowest BCUT2D eigenvalue weighted by molar-refractivity contribution is 0.163. The first-order chi connectivity index (χ1) is 12.3. The molecule has 1 aliphatic rings. The Morgan fingerprint density at radius 1 is 1.27 bits per heavy atom. The molecule has 0 spiro atoms. The fraction of sp³-hybridized carbons (Fsp3) is 0.500. The maximum atomic E-state index is 12.8. The second kappa shape index (κ2) is 7.93. The number of halogens is 2. The van der Waals surface area contributed by atoms with Crippen molar-refractivity contribution in [3.05, 3.63) is 39.4 Å². The second-order valence-corrected chi connectivity index (χ2v) is 9.69. The molecule has 0 radical (unpaired) electrons. The zero-order valence-corrected chi connectivity index (χ0v) is 17.7. The number of hydrogen-bond donors (Lipinski definition) is 0. The van der Waals surface area contributed by atoms with Crippen LogP contribution in [0.3, 0.4) is 0 Å². The van der Waals surface area contributed by atoms with Gasteiger partial charge in [0.2, 0.25) is 15.9 Å². The van der Waals surface area contributed by atoms with Gasteiger partial charge in [-0.1, -0.05) is 46.5 Å². The highest BCUT2D eigenvalue weighted by Crippen LogP contribution is 2.28. The lowest BCUT2D eigenvalue weighted by Gasteiger charge is -2.33. The molecule has 0 aliphatic carbocycles. The van der Waals surface area contributed by atoms with Crippen LogP contribution in [-0.2, 0) is 16.6 Å². The van der Waals surface area contributed by atoms with Crippen molar-refractivity contribution >= 4 is 37.6 Å². The molecule has 1 aliphatic heterocycles. The molecule has 10 heteroatoms. The van der Waals surface area contributed by atoms with E-state index in [1.54, 1.807) is 12.1 Å². The smallest absolute Gasteiger partial charge is 0.244 e. The van der Waals surface area contributed by atoms with Crippen LogP contribution in [0.4, 0.5) is 0 Å². The van der Waals surface area contributed by atoms with Crippen LogP contribution in [0.1, 0.15) is 31.5 Å². The Morgan fingerprint density at radius 3 is 2.54 bits per heavy atom. The Balaban J connectivity index is 1.64. The van der Waals surface area contributed by atoms with Crippen LogP contribution in [0.25, 0.3) is 0 Å². The molecule has 3 rings (SSSR count). The van der Waals surface area contributed by atoms with Crippen LogP contribution in [0.5, 0.6) is 0 Å². The van der Waals surface area contributed by atoms with Gasteiger partial charge in [0.05, 0.1) is 11.6 Å². The van der Waals surface area contributed by atoms with Crippen LogP contribution in [0, 0.1) is 0 Å². The van der Waals surface area contributed by atoms with Crippen molar-refractivity contribution in [2.75, 3.05) is 26.2 Å². The number of benzene rings is 1. The third-order valence-electron chi connectivity index (χ3n) is 4.20. The molecule has 2 aromatic rings. The summed E-state index contributed by atoms with van der Waals surface area (Å²) in [5, 5.41) is 4.17. The van der Waals surface area contributed by atoms with Crippen molar-refractivity contribution in [2.24, 2.45) is 0 Å². The van der Waals surface area contributed by atoms with E-state index >= 15 is 0 Å². The van der Waals surface area contributed by atoms with Crippen LogP contribution in [-0.4, -0.2) is 53.9 Å². The van der Waals surface area contributed by atoms with Crippen LogP contribution in [0.2, 0.25) is 5.02 Å². The van der Waals surface area contributed by atoms with Gasteiger partial charge in [0.1, 0.15) is 4.90 Å². The SMILES string of the molecule is CC(C)c1noc(CN2CCN(S(=O)(=O)c3ccc(Br)cc3Cl)CC2)n1. The largest absolute Gasteiger partial charge is 0.338 e. The Bertz CT molecular complexity index is 879. The molecule has 26 heavy (non-hydrogen) atoms. The van der Waals surface area contributed by atoms with Gasteiger partial charge in [0, 0.05) is 36.6 Å². The monoisotopic (exact) mass is 462 g/mol. The third-order valence-corrected chi connectivity index (χ3v) is 7.08. The summed E-state index contributed by atoms with van der Waals surface area (Å²) in [7, 11) is -3.61. The summed E-state index contributed by atoms with van der Waals surface area (Å²) in [6.45, 7) is 6.49. The van der Waals surface area contributed by atoms with E-state index in [0.29, 0.717) is 44.4 Å². The highest BCUT2D eigenvalue weighted by molar-refractivity contribution is 9.10. The summed E-state index contributed by atoms with van der Waals surface area (Å²) < 4.78 is 33.1. The predicted octanol–water partition coefficient (Wildman–Crippen LogP) is 3.12. The van der Waals surface area contributed by atoms with Crippen molar-refractivity contribution in [3.8, 4) is 0 Å². The minimum absolute atomic E-state index is 0.134. The Labute approximate surface area is 166 Å². The summed E-state index contributed by atoms with van der Waals surface area (Å²) in [5.41, 5.74) is 0. The Kier molecular flexibility index (Phi) is 6.03. The van der Waals surface area contributed by atoms with Gasteiger partial charge in [-0.2, -0.15) is 9.29 Å². The fourth-order valence-electron chi connectivity index (χ4n) is 2.71. The van der Waals surface area contributed by atoms with Gasteiger partial charge in [-0.05, 0) is 18.2 Å². The first-order valence-corrected chi connectivity index (χ1v) is 10.9. The molecule has 0 bridgehead atoms. The van der Waals surface area contributed by atoms with Gasteiger partial charge in [-0.3, -0.25) is 4.90 Å². The highest BCUT2D eigenvalue weighted by atomic mass is 79.9. The molecular weight excluding hydrogens is 444 g/mol.